The zero-order valence-electron chi connectivity index (χ0n) is 19.0. The van der Waals surface area contributed by atoms with Crippen molar-refractivity contribution in [1.29, 1.82) is 0 Å². The third-order valence-corrected chi connectivity index (χ3v) is 6.47. The summed E-state index contributed by atoms with van der Waals surface area (Å²) in [4.78, 5) is 25.2. The minimum absolute atomic E-state index is 0.0409. The van der Waals surface area contributed by atoms with Gasteiger partial charge in [0.2, 0.25) is 0 Å². The summed E-state index contributed by atoms with van der Waals surface area (Å²) in [6, 6.07) is 15.5. The van der Waals surface area contributed by atoms with Gasteiger partial charge in [-0.15, -0.1) is 0 Å². The number of benzene rings is 3. The molecule has 0 bridgehead atoms. The smallest absolute Gasteiger partial charge is 0.340 e. The van der Waals surface area contributed by atoms with Gasteiger partial charge in [-0.3, -0.25) is 9.52 Å². The fourth-order valence-electron chi connectivity index (χ4n) is 3.20. The predicted molar refractivity (Wildman–Crippen MR) is 127 cm³/mol. The number of carbonyl (C=O) groups excluding carboxylic acids is 2. The number of esters is 1. The summed E-state index contributed by atoms with van der Waals surface area (Å²) in [7, 11) is 0.0775. The van der Waals surface area contributed by atoms with E-state index < -0.39 is 21.9 Å². The first-order valence-corrected chi connectivity index (χ1v) is 11.5. The standard InChI is InChI=1S/C24H24N2O7S/c1-15-10-11-16(12-22(15)34(29,30)26-17-8-6-5-7-9-17)23(27)25-19-14-21(32-3)20(31-2)13-18(19)24(28)33-4/h5-14,26H,1-4H3,(H,25,27). The first-order chi connectivity index (χ1) is 16.2. The number of sulfonamides is 1. The van der Waals surface area contributed by atoms with E-state index in [1.807, 2.05) is 0 Å². The monoisotopic (exact) mass is 484 g/mol. The van der Waals surface area contributed by atoms with Gasteiger partial charge >= 0.3 is 5.97 Å². The maximum Gasteiger partial charge on any atom is 0.340 e. The van der Waals surface area contributed by atoms with Crippen molar-refractivity contribution in [3.63, 3.8) is 0 Å². The molecule has 0 aliphatic carbocycles. The fourth-order valence-corrected chi connectivity index (χ4v) is 4.53. The largest absolute Gasteiger partial charge is 0.493 e. The van der Waals surface area contributed by atoms with Crippen molar-refractivity contribution in [3.8, 4) is 11.5 Å². The predicted octanol–water partition coefficient (Wildman–Crippen LogP) is 3.85. The summed E-state index contributed by atoms with van der Waals surface area (Å²) in [5.41, 5.74) is 1.08. The van der Waals surface area contributed by atoms with Crippen LogP contribution in [0.25, 0.3) is 0 Å². The van der Waals surface area contributed by atoms with E-state index in [2.05, 4.69) is 10.0 Å². The van der Waals surface area contributed by atoms with E-state index in [9.17, 15) is 18.0 Å². The molecule has 10 heteroatoms. The molecular formula is C24H24N2O7S. The minimum atomic E-state index is -3.96. The number of para-hydroxylation sites is 1. The van der Waals surface area contributed by atoms with Crippen molar-refractivity contribution in [2.24, 2.45) is 0 Å². The van der Waals surface area contributed by atoms with Crippen molar-refractivity contribution in [2.75, 3.05) is 31.4 Å². The Kier molecular flexibility index (Phi) is 7.42. The molecule has 0 aliphatic heterocycles. The second-order valence-corrected chi connectivity index (χ2v) is 8.80. The van der Waals surface area contributed by atoms with Gasteiger partial charge in [-0.05, 0) is 36.8 Å². The molecule has 0 heterocycles. The first-order valence-electron chi connectivity index (χ1n) is 10.0. The molecule has 178 valence electrons. The van der Waals surface area contributed by atoms with Gasteiger partial charge in [0.15, 0.2) is 11.5 Å². The summed E-state index contributed by atoms with van der Waals surface area (Å²) in [5, 5.41) is 2.63. The van der Waals surface area contributed by atoms with Gasteiger partial charge in [-0.2, -0.15) is 0 Å². The van der Waals surface area contributed by atoms with Crippen molar-refractivity contribution in [3.05, 3.63) is 77.4 Å². The van der Waals surface area contributed by atoms with Crippen molar-refractivity contribution in [2.45, 2.75) is 11.8 Å². The zero-order valence-corrected chi connectivity index (χ0v) is 19.9. The molecule has 0 atom stereocenters. The number of amides is 1. The van der Waals surface area contributed by atoms with Gasteiger partial charge < -0.3 is 19.5 Å². The van der Waals surface area contributed by atoms with Gasteiger partial charge in [-0.1, -0.05) is 24.3 Å². The van der Waals surface area contributed by atoms with Gasteiger partial charge in [0.1, 0.15) is 0 Å². The lowest BCUT2D eigenvalue weighted by molar-refractivity contribution is 0.0601. The molecule has 0 radical (unpaired) electrons. The van der Waals surface area contributed by atoms with Gasteiger partial charge in [0, 0.05) is 23.4 Å². The molecule has 34 heavy (non-hydrogen) atoms. The number of rotatable bonds is 8. The van der Waals surface area contributed by atoms with Crippen molar-refractivity contribution in [1.82, 2.24) is 0 Å². The first kappa shape index (κ1) is 24.6. The van der Waals surface area contributed by atoms with Gasteiger partial charge in [0.05, 0.1) is 37.5 Å². The Labute approximate surface area is 197 Å². The molecule has 2 N–H and O–H groups in total. The molecular weight excluding hydrogens is 460 g/mol. The lowest BCUT2D eigenvalue weighted by atomic mass is 10.1. The van der Waals surface area contributed by atoms with Gasteiger partial charge in [-0.25, -0.2) is 13.2 Å². The number of carbonyl (C=O) groups is 2. The molecule has 0 aromatic heterocycles. The van der Waals surface area contributed by atoms with E-state index in [1.165, 1.54) is 51.7 Å². The second kappa shape index (κ2) is 10.3. The van der Waals surface area contributed by atoms with Crippen LogP contribution in [0.15, 0.2) is 65.6 Å². The Morgan fingerprint density at radius 2 is 1.50 bits per heavy atom. The second-order valence-electron chi connectivity index (χ2n) is 7.15. The molecule has 3 rings (SSSR count). The number of hydrogen-bond acceptors (Lipinski definition) is 7. The van der Waals surface area contributed by atoms with E-state index in [0.717, 1.165) is 0 Å². The Hall–Kier alpha value is -4.05. The van der Waals surface area contributed by atoms with E-state index in [-0.39, 0.29) is 33.2 Å². The lowest BCUT2D eigenvalue weighted by Crippen LogP contribution is -2.18. The Morgan fingerprint density at radius 3 is 2.12 bits per heavy atom. The number of aryl methyl sites for hydroxylation is 1. The number of ether oxygens (including phenoxy) is 3. The van der Waals surface area contributed by atoms with Crippen LogP contribution in [-0.2, 0) is 14.8 Å². The Balaban J connectivity index is 1.97. The van der Waals surface area contributed by atoms with Crippen LogP contribution in [0.3, 0.4) is 0 Å². The van der Waals surface area contributed by atoms with E-state index in [1.54, 1.807) is 37.3 Å². The summed E-state index contributed by atoms with van der Waals surface area (Å²) in [6.07, 6.45) is 0. The third kappa shape index (κ3) is 5.29. The average molecular weight is 485 g/mol. The molecule has 0 spiro atoms. The minimum Gasteiger partial charge on any atom is -0.493 e. The van der Waals surface area contributed by atoms with E-state index >= 15 is 0 Å². The van der Waals surface area contributed by atoms with Crippen LogP contribution < -0.4 is 19.5 Å². The molecule has 1 amide bonds. The Morgan fingerprint density at radius 1 is 0.853 bits per heavy atom. The van der Waals surface area contributed by atoms with Crippen LogP contribution >= 0.6 is 0 Å². The van der Waals surface area contributed by atoms with E-state index in [0.29, 0.717) is 11.3 Å². The zero-order chi connectivity index (χ0) is 24.9. The SMILES string of the molecule is COC(=O)c1cc(OC)c(OC)cc1NC(=O)c1ccc(C)c(S(=O)(=O)Nc2ccccc2)c1. The highest BCUT2D eigenvalue weighted by atomic mass is 32.2. The fraction of sp³-hybridized carbons (Fsp3) is 0.167. The molecule has 0 unspecified atom stereocenters. The highest BCUT2D eigenvalue weighted by molar-refractivity contribution is 7.92. The topological polar surface area (TPSA) is 120 Å². The lowest BCUT2D eigenvalue weighted by Gasteiger charge is -2.15. The summed E-state index contributed by atoms with van der Waals surface area (Å²) in [6.45, 7) is 1.63. The molecule has 3 aromatic carbocycles. The number of hydrogen-bond donors (Lipinski definition) is 2. The number of methoxy groups -OCH3 is 3. The molecule has 9 nitrogen and oxygen atoms in total. The average Bonchev–Trinajstić information content (AvgIpc) is 2.83. The summed E-state index contributed by atoms with van der Waals surface area (Å²) < 4.78 is 43.7. The quantitative estimate of drug-likeness (QED) is 0.466. The Bertz CT molecular complexity index is 1320. The molecule has 0 saturated heterocycles. The highest BCUT2D eigenvalue weighted by Gasteiger charge is 2.22. The van der Waals surface area contributed by atoms with Crippen LogP contribution in [0.4, 0.5) is 11.4 Å². The van der Waals surface area contributed by atoms with E-state index in [4.69, 9.17) is 14.2 Å². The summed E-state index contributed by atoms with van der Waals surface area (Å²) in [5.74, 6) is -0.773. The highest BCUT2D eigenvalue weighted by Crippen LogP contribution is 2.34. The van der Waals surface area contributed by atoms with Crippen LogP contribution in [0.1, 0.15) is 26.3 Å². The molecule has 3 aromatic rings. The van der Waals surface area contributed by atoms with Crippen LogP contribution in [0.5, 0.6) is 11.5 Å². The number of nitrogens with one attached hydrogen (secondary N) is 2. The van der Waals surface area contributed by atoms with Gasteiger partial charge in [0.25, 0.3) is 15.9 Å². The molecule has 0 saturated carbocycles. The van der Waals surface area contributed by atoms with Crippen LogP contribution in [0.2, 0.25) is 0 Å². The van der Waals surface area contributed by atoms with Crippen LogP contribution in [-0.4, -0.2) is 41.6 Å². The van der Waals surface area contributed by atoms with Crippen molar-refractivity contribution >= 4 is 33.3 Å². The maximum atomic E-state index is 13.0. The third-order valence-electron chi connectivity index (χ3n) is 4.94. The van der Waals surface area contributed by atoms with Crippen molar-refractivity contribution < 1.29 is 32.2 Å². The maximum absolute atomic E-state index is 13.0. The van der Waals surface area contributed by atoms with Crippen LogP contribution in [0, 0.1) is 6.92 Å². The molecule has 0 fully saturated rings. The number of anilines is 2. The normalized spacial score (nSPS) is 10.8. The molecule has 0 aliphatic rings. The summed E-state index contributed by atoms with van der Waals surface area (Å²) >= 11 is 0.